The maximum atomic E-state index is 11.7. The molecule has 0 aliphatic carbocycles. The lowest BCUT2D eigenvalue weighted by Crippen LogP contribution is -2.50. The van der Waals surface area contributed by atoms with Crippen molar-refractivity contribution in [1.82, 2.24) is 15.2 Å². The molecule has 1 N–H and O–H groups in total. The molecule has 1 unspecified atom stereocenters. The molecule has 1 atom stereocenters. The zero-order valence-corrected chi connectivity index (χ0v) is 7.77. The highest BCUT2D eigenvalue weighted by atomic mass is 16.2. The molecule has 0 radical (unpaired) electrons. The second kappa shape index (κ2) is 3.42. The number of rotatable bonds is 1. The van der Waals surface area contributed by atoms with E-state index >= 15 is 0 Å². The van der Waals surface area contributed by atoms with Crippen molar-refractivity contribution in [2.24, 2.45) is 5.10 Å². The molecule has 0 spiro atoms. The van der Waals surface area contributed by atoms with E-state index in [9.17, 15) is 4.79 Å². The van der Waals surface area contributed by atoms with Gasteiger partial charge in [-0.2, -0.15) is 5.10 Å². The molecule has 0 aromatic rings. The number of nitrogens with zero attached hydrogens (tertiary/aromatic N) is 3. The van der Waals surface area contributed by atoms with Crippen LogP contribution in [0.15, 0.2) is 17.5 Å². The quantitative estimate of drug-likeness (QED) is 0.567. The number of amides is 1. The van der Waals surface area contributed by atoms with Crippen LogP contribution in [0.4, 0.5) is 0 Å². The second-order valence-corrected chi connectivity index (χ2v) is 2.91. The summed E-state index contributed by atoms with van der Waals surface area (Å²) >= 11 is 0. The van der Waals surface area contributed by atoms with E-state index in [1.165, 1.54) is 0 Å². The maximum absolute atomic E-state index is 11.7. The van der Waals surface area contributed by atoms with Gasteiger partial charge in [0, 0.05) is 12.4 Å². The van der Waals surface area contributed by atoms with E-state index in [-0.39, 0.29) is 5.91 Å². The third-order valence-corrected chi connectivity index (χ3v) is 2.05. The van der Waals surface area contributed by atoms with Crippen molar-refractivity contribution in [3.8, 4) is 11.8 Å². The molecule has 1 amide bonds. The van der Waals surface area contributed by atoms with Gasteiger partial charge in [-0.1, -0.05) is 5.92 Å². The van der Waals surface area contributed by atoms with Gasteiger partial charge in [-0.15, -0.1) is 5.92 Å². The van der Waals surface area contributed by atoms with E-state index in [2.05, 4.69) is 22.4 Å². The Morgan fingerprint density at radius 3 is 3.29 bits per heavy atom. The van der Waals surface area contributed by atoms with Crippen LogP contribution in [-0.4, -0.2) is 34.8 Å². The molecule has 14 heavy (non-hydrogen) atoms. The highest BCUT2D eigenvalue weighted by molar-refractivity contribution is 5.87. The topological polar surface area (TPSA) is 47.9 Å². The number of nitrogens with one attached hydrogen (secondary N) is 1. The maximum Gasteiger partial charge on any atom is 0.272 e. The lowest BCUT2D eigenvalue weighted by molar-refractivity contribution is -0.133. The Balaban J connectivity index is 2.12. The van der Waals surface area contributed by atoms with E-state index < -0.39 is 6.17 Å². The van der Waals surface area contributed by atoms with Gasteiger partial charge in [0.15, 0.2) is 0 Å². The first-order valence-electron chi connectivity index (χ1n) is 4.27. The molecule has 0 fully saturated rings. The molecule has 72 valence electrons. The van der Waals surface area contributed by atoms with E-state index in [4.69, 9.17) is 0 Å². The van der Waals surface area contributed by atoms with E-state index in [1.54, 1.807) is 35.5 Å². The van der Waals surface area contributed by atoms with Gasteiger partial charge in [-0.3, -0.25) is 10.2 Å². The Bertz CT molecular complexity index is 363. The predicted octanol–water partition coefficient (Wildman–Crippen LogP) is -0.502. The zero-order chi connectivity index (χ0) is 9.97. The van der Waals surface area contributed by atoms with Gasteiger partial charge in [0.1, 0.15) is 6.34 Å². The minimum Gasteiger partial charge on any atom is -0.306 e. The van der Waals surface area contributed by atoms with Gasteiger partial charge in [-0.05, 0) is 6.92 Å². The lowest BCUT2D eigenvalue weighted by Gasteiger charge is -2.29. The average Bonchev–Trinajstić information content (AvgIpc) is 2.66. The third-order valence-electron chi connectivity index (χ3n) is 2.05. The molecular weight excluding hydrogens is 180 g/mol. The van der Waals surface area contributed by atoms with E-state index in [0.29, 0.717) is 6.54 Å². The molecule has 0 aromatic heterocycles. The summed E-state index contributed by atoms with van der Waals surface area (Å²) in [7, 11) is 0. The Morgan fingerprint density at radius 2 is 2.50 bits per heavy atom. The van der Waals surface area contributed by atoms with Crippen LogP contribution in [0.1, 0.15) is 6.92 Å². The summed E-state index contributed by atoms with van der Waals surface area (Å²) in [5.74, 6) is 5.56. The highest BCUT2D eigenvalue weighted by Crippen LogP contribution is 2.11. The van der Waals surface area contributed by atoms with Crippen LogP contribution in [0.25, 0.3) is 0 Å². The van der Waals surface area contributed by atoms with Gasteiger partial charge in [0.2, 0.25) is 6.17 Å². The molecule has 5 heteroatoms. The fourth-order valence-corrected chi connectivity index (χ4v) is 1.29. The number of hydrogen-bond acceptors (Lipinski definition) is 4. The molecule has 2 aliphatic heterocycles. The number of fused-ring (bicyclic) bond motifs is 1. The largest absolute Gasteiger partial charge is 0.306 e. The van der Waals surface area contributed by atoms with Crippen LogP contribution in [0.5, 0.6) is 0 Å². The first-order valence-corrected chi connectivity index (χ1v) is 4.27. The van der Waals surface area contributed by atoms with Gasteiger partial charge in [-0.25, -0.2) is 0 Å². The van der Waals surface area contributed by atoms with E-state index in [1.807, 2.05) is 0 Å². The van der Waals surface area contributed by atoms with Crippen molar-refractivity contribution in [1.29, 1.82) is 0 Å². The first-order chi connectivity index (χ1) is 6.83. The van der Waals surface area contributed by atoms with Crippen molar-refractivity contribution in [3.63, 3.8) is 0 Å². The summed E-state index contributed by atoms with van der Waals surface area (Å²) in [6, 6.07) is 0. The smallest absolute Gasteiger partial charge is 0.272 e. The van der Waals surface area contributed by atoms with Crippen LogP contribution in [0.3, 0.4) is 0 Å². The Kier molecular flexibility index (Phi) is 2.11. The summed E-state index contributed by atoms with van der Waals surface area (Å²) < 4.78 is 0. The van der Waals surface area contributed by atoms with E-state index in [0.717, 1.165) is 0 Å². The fourth-order valence-electron chi connectivity index (χ4n) is 1.29. The third kappa shape index (κ3) is 1.31. The van der Waals surface area contributed by atoms with Crippen LogP contribution in [0.2, 0.25) is 0 Å². The van der Waals surface area contributed by atoms with Crippen LogP contribution in [-0.2, 0) is 4.79 Å². The molecule has 2 heterocycles. The molecule has 2 rings (SSSR count). The summed E-state index contributed by atoms with van der Waals surface area (Å²) in [5, 5.41) is 3.81. The van der Waals surface area contributed by atoms with Gasteiger partial charge in [0.05, 0.1) is 6.54 Å². The SMILES string of the molecule is CC#CCN1C=CN2C=NNC2C1=O. The molecule has 2 aliphatic rings. The highest BCUT2D eigenvalue weighted by Gasteiger charge is 2.32. The van der Waals surface area contributed by atoms with Crippen LogP contribution in [0, 0.1) is 11.8 Å². The normalized spacial score (nSPS) is 22.9. The average molecular weight is 190 g/mol. The minimum atomic E-state index is -0.390. The predicted molar refractivity (Wildman–Crippen MR) is 51.6 cm³/mol. The van der Waals surface area contributed by atoms with Crippen molar-refractivity contribution in [2.45, 2.75) is 13.1 Å². The molecule has 0 aromatic carbocycles. The summed E-state index contributed by atoms with van der Waals surface area (Å²) in [4.78, 5) is 15.0. The molecule has 0 bridgehead atoms. The molecule has 0 saturated carbocycles. The molecular formula is C9H10N4O. The molecule has 5 nitrogen and oxygen atoms in total. The Hall–Kier alpha value is -1.96. The first kappa shape index (κ1) is 8.63. The van der Waals surface area contributed by atoms with Gasteiger partial charge >= 0.3 is 0 Å². The van der Waals surface area contributed by atoms with Gasteiger partial charge < -0.3 is 9.80 Å². The number of carbonyl (C=O) groups is 1. The zero-order valence-electron chi connectivity index (χ0n) is 7.77. The lowest BCUT2D eigenvalue weighted by atomic mass is 10.3. The number of hydrazone groups is 1. The summed E-state index contributed by atoms with van der Waals surface area (Å²) in [6.45, 7) is 2.18. The fraction of sp³-hybridized carbons (Fsp3) is 0.333. The number of hydrogen-bond donors (Lipinski definition) is 1. The standard InChI is InChI=1S/C9H10N4O/c1-2-3-4-12-5-6-13-7-10-11-8(13)9(12)14/h5-8,11H,4H2,1H3. The Morgan fingerprint density at radius 1 is 1.64 bits per heavy atom. The van der Waals surface area contributed by atoms with Crippen LogP contribution >= 0.6 is 0 Å². The van der Waals surface area contributed by atoms with Crippen LogP contribution < -0.4 is 5.43 Å². The summed E-state index contributed by atoms with van der Waals surface area (Å²) in [6.07, 6.45) is 4.70. The minimum absolute atomic E-state index is 0.0345. The number of carbonyl (C=O) groups excluding carboxylic acids is 1. The summed E-state index contributed by atoms with van der Waals surface area (Å²) in [5.41, 5.74) is 2.72. The van der Waals surface area contributed by atoms with Gasteiger partial charge in [0.25, 0.3) is 5.91 Å². The molecule has 0 saturated heterocycles. The van der Waals surface area contributed by atoms with Crippen molar-refractivity contribution in [2.75, 3.05) is 6.54 Å². The van der Waals surface area contributed by atoms with Crippen molar-refractivity contribution in [3.05, 3.63) is 12.4 Å². The second-order valence-electron chi connectivity index (χ2n) is 2.91. The Labute approximate surface area is 82.1 Å². The van der Waals surface area contributed by atoms with Crippen molar-refractivity contribution < 1.29 is 4.79 Å². The van der Waals surface area contributed by atoms with Crippen molar-refractivity contribution >= 4 is 12.2 Å². The monoisotopic (exact) mass is 190 g/mol.